The zero-order valence-electron chi connectivity index (χ0n) is 17.8. The van der Waals surface area contributed by atoms with Gasteiger partial charge in [-0.15, -0.1) is 0 Å². The third-order valence-electron chi connectivity index (χ3n) is 5.37. The Morgan fingerprint density at radius 3 is 2.42 bits per heavy atom. The molecule has 1 aromatic heterocycles. The summed E-state index contributed by atoms with van der Waals surface area (Å²) in [7, 11) is 3.52. The first kappa shape index (κ1) is 24.4. The van der Waals surface area contributed by atoms with Crippen LogP contribution in [-0.4, -0.2) is 82.6 Å². The number of rotatable bonds is 2. The minimum atomic E-state index is -5.08. The van der Waals surface area contributed by atoms with Crippen molar-refractivity contribution in [3.05, 3.63) is 29.6 Å². The number of piperidine rings is 1. The fourth-order valence-corrected chi connectivity index (χ4v) is 3.88. The molecule has 1 N–H and O–H groups in total. The molecule has 2 aliphatic rings. The number of aromatic nitrogens is 1. The molecular weight excluding hydrogens is 417 g/mol. The lowest BCUT2D eigenvalue weighted by atomic mass is 9.78. The molecule has 0 aromatic carbocycles. The molecular formula is C20H27F3N4O4. The lowest BCUT2D eigenvalue weighted by Crippen LogP contribution is -2.52. The third-order valence-corrected chi connectivity index (χ3v) is 5.37. The van der Waals surface area contributed by atoms with Gasteiger partial charge in [0.2, 0.25) is 5.91 Å². The second-order valence-electron chi connectivity index (χ2n) is 8.03. The van der Waals surface area contributed by atoms with Gasteiger partial charge in [0, 0.05) is 39.4 Å². The molecule has 2 aliphatic heterocycles. The summed E-state index contributed by atoms with van der Waals surface area (Å²) in [6.45, 7) is 4.55. The van der Waals surface area contributed by atoms with Crippen LogP contribution in [0.5, 0.6) is 0 Å². The van der Waals surface area contributed by atoms with Crippen molar-refractivity contribution in [2.75, 3.05) is 33.7 Å². The first-order chi connectivity index (χ1) is 14.4. The number of carbonyl (C=O) groups is 3. The molecule has 3 amide bonds. The molecule has 1 spiro atoms. The number of pyridine rings is 1. The fourth-order valence-electron chi connectivity index (χ4n) is 3.88. The Morgan fingerprint density at radius 2 is 1.87 bits per heavy atom. The maximum atomic E-state index is 13.1. The van der Waals surface area contributed by atoms with Crippen molar-refractivity contribution in [3.8, 4) is 0 Å². The van der Waals surface area contributed by atoms with Crippen molar-refractivity contribution in [2.24, 2.45) is 5.41 Å². The van der Waals surface area contributed by atoms with Crippen LogP contribution in [0.25, 0.3) is 0 Å². The number of amides is 3. The number of aryl methyl sites for hydroxylation is 1. The van der Waals surface area contributed by atoms with Crippen LogP contribution in [0.15, 0.2) is 18.2 Å². The van der Waals surface area contributed by atoms with Crippen LogP contribution in [0.1, 0.15) is 30.7 Å². The van der Waals surface area contributed by atoms with E-state index in [2.05, 4.69) is 4.98 Å². The van der Waals surface area contributed by atoms with E-state index in [9.17, 15) is 22.8 Å². The largest absolute Gasteiger partial charge is 0.490 e. The Labute approximate surface area is 178 Å². The second kappa shape index (κ2) is 9.52. The van der Waals surface area contributed by atoms with Gasteiger partial charge in [0.1, 0.15) is 0 Å². The Kier molecular flexibility index (Phi) is 7.50. The van der Waals surface area contributed by atoms with Crippen molar-refractivity contribution in [2.45, 2.75) is 38.9 Å². The Hall–Kier alpha value is -2.85. The van der Waals surface area contributed by atoms with Gasteiger partial charge in [0.25, 0.3) is 0 Å². The number of likely N-dealkylation sites (tertiary alicyclic amines) is 2. The van der Waals surface area contributed by atoms with Crippen LogP contribution in [0.2, 0.25) is 0 Å². The number of carboxylic acids is 1. The molecule has 1 atom stereocenters. The summed E-state index contributed by atoms with van der Waals surface area (Å²) in [5.74, 6) is -2.57. The van der Waals surface area contributed by atoms with E-state index >= 15 is 0 Å². The van der Waals surface area contributed by atoms with Crippen LogP contribution >= 0.6 is 0 Å². The molecule has 0 radical (unpaired) electrons. The molecule has 2 saturated heterocycles. The van der Waals surface area contributed by atoms with Gasteiger partial charge in [-0.25, -0.2) is 9.59 Å². The molecule has 8 nitrogen and oxygen atoms in total. The van der Waals surface area contributed by atoms with Gasteiger partial charge < -0.3 is 19.8 Å². The molecule has 2 fully saturated rings. The summed E-state index contributed by atoms with van der Waals surface area (Å²) >= 11 is 0. The molecule has 172 valence electrons. The minimum Gasteiger partial charge on any atom is -0.475 e. The SMILES string of the molecule is Cc1cccc(CN2CCC3(CCCN(C(=O)N(C)C)C3)C2=O)n1.O=C(O)C(F)(F)F. The zero-order chi connectivity index (χ0) is 23.4. The highest BCUT2D eigenvalue weighted by atomic mass is 19.4. The van der Waals surface area contributed by atoms with Gasteiger partial charge in [-0.05, 0) is 38.3 Å². The van der Waals surface area contributed by atoms with Gasteiger partial charge in [-0.1, -0.05) is 6.07 Å². The molecule has 0 saturated carbocycles. The van der Waals surface area contributed by atoms with E-state index in [0.717, 1.165) is 43.7 Å². The number of aliphatic carboxylic acids is 1. The van der Waals surface area contributed by atoms with Crippen molar-refractivity contribution in [1.82, 2.24) is 19.7 Å². The van der Waals surface area contributed by atoms with E-state index in [1.54, 1.807) is 19.0 Å². The molecule has 0 bridgehead atoms. The van der Waals surface area contributed by atoms with Crippen LogP contribution in [0.4, 0.5) is 18.0 Å². The number of urea groups is 1. The highest BCUT2D eigenvalue weighted by Crippen LogP contribution is 2.40. The monoisotopic (exact) mass is 444 g/mol. The normalized spacial score (nSPS) is 21.0. The van der Waals surface area contributed by atoms with E-state index in [-0.39, 0.29) is 11.9 Å². The molecule has 3 rings (SSSR count). The Bertz CT molecular complexity index is 831. The minimum absolute atomic E-state index is 0.000626. The van der Waals surface area contributed by atoms with Gasteiger partial charge in [0.15, 0.2) is 0 Å². The van der Waals surface area contributed by atoms with E-state index in [0.29, 0.717) is 13.1 Å². The highest BCUT2D eigenvalue weighted by molar-refractivity contribution is 5.86. The lowest BCUT2D eigenvalue weighted by molar-refractivity contribution is -0.192. The standard InChI is InChI=1S/C18H26N4O2.C2HF3O2/c1-14-6-4-7-15(19-14)12-21-11-9-18(16(21)23)8-5-10-22(13-18)17(24)20(2)3;3-2(4,5)1(6)7/h4,6-7H,5,8-13H2,1-3H3;(H,6,7). The van der Waals surface area contributed by atoms with Crippen LogP contribution in [0, 0.1) is 12.3 Å². The summed E-state index contributed by atoms with van der Waals surface area (Å²) in [5.41, 5.74) is 1.50. The molecule has 31 heavy (non-hydrogen) atoms. The molecule has 0 aliphatic carbocycles. The van der Waals surface area contributed by atoms with E-state index < -0.39 is 17.6 Å². The first-order valence-electron chi connectivity index (χ1n) is 9.84. The van der Waals surface area contributed by atoms with E-state index in [1.165, 1.54) is 0 Å². The van der Waals surface area contributed by atoms with E-state index in [1.807, 2.05) is 34.9 Å². The topological polar surface area (TPSA) is 94.0 Å². The summed E-state index contributed by atoms with van der Waals surface area (Å²) < 4.78 is 31.7. The summed E-state index contributed by atoms with van der Waals surface area (Å²) in [6.07, 6.45) is -2.49. The number of hydrogen-bond acceptors (Lipinski definition) is 4. The van der Waals surface area contributed by atoms with Gasteiger partial charge in [-0.3, -0.25) is 9.78 Å². The smallest absolute Gasteiger partial charge is 0.475 e. The maximum Gasteiger partial charge on any atom is 0.490 e. The van der Waals surface area contributed by atoms with E-state index in [4.69, 9.17) is 9.90 Å². The number of halogens is 3. The van der Waals surface area contributed by atoms with Gasteiger partial charge >= 0.3 is 18.2 Å². The Balaban J connectivity index is 0.000000423. The number of nitrogens with zero attached hydrogens (tertiary/aromatic N) is 4. The molecule has 3 heterocycles. The first-order valence-corrected chi connectivity index (χ1v) is 9.84. The predicted octanol–water partition coefficient (Wildman–Crippen LogP) is 2.52. The number of hydrogen-bond donors (Lipinski definition) is 1. The molecule has 1 aromatic rings. The Morgan fingerprint density at radius 1 is 1.23 bits per heavy atom. The van der Waals surface area contributed by atoms with Crippen LogP contribution < -0.4 is 0 Å². The molecule has 1 unspecified atom stereocenters. The average molecular weight is 444 g/mol. The summed E-state index contributed by atoms with van der Waals surface area (Å²) in [6, 6.07) is 5.91. The van der Waals surface area contributed by atoms with Gasteiger partial charge in [0.05, 0.1) is 17.7 Å². The fraction of sp³-hybridized carbons (Fsp3) is 0.600. The van der Waals surface area contributed by atoms with Crippen LogP contribution in [0.3, 0.4) is 0 Å². The number of carboxylic acid groups (broad SMARTS) is 1. The predicted molar refractivity (Wildman–Crippen MR) is 105 cm³/mol. The highest BCUT2D eigenvalue weighted by Gasteiger charge is 2.49. The quantitative estimate of drug-likeness (QED) is 0.757. The van der Waals surface area contributed by atoms with Crippen molar-refractivity contribution in [3.63, 3.8) is 0 Å². The van der Waals surface area contributed by atoms with Crippen molar-refractivity contribution in [1.29, 1.82) is 0 Å². The third kappa shape index (κ3) is 6.08. The van der Waals surface area contributed by atoms with Crippen molar-refractivity contribution < 1.29 is 32.7 Å². The summed E-state index contributed by atoms with van der Waals surface area (Å²) in [4.78, 5) is 44.1. The number of carbonyl (C=O) groups excluding carboxylic acids is 2. The van der Waals surface area contributed by atoms with Crippen LogP contribution in [-0.2, 0) is 16.1 Å². The average Bonchev–Trinajstić information content (AvgIpc) is 2.96. The number of alkyl halides is 3. The second-order valence-corrected chi connectivity index (χ2v) is 8.03. The van der Waals surface area contributed by atoms with Crippen molar-refractivity contribution >= 4 is 17.9 Å². The lowest BCUT2D eigenvalue weighted by Gasteiger charge is -2.39. The maximum absolute atomic E-state index is 13.1. The molecule has 11 heteroatoms. The summed E-state index contributed by atoms with van der Waals surface area (Å²) in [5, 5.41) is 7.12. The zero-order valence-corrected chi connectivity index (χ0v) is 17.8. The van der Waals surface area contributed by atoms with Gasteiger partial charge in [-0.2, -0.15) is 13.2 Å².